The molecule has 126 valence electrons. The summed E-state index contributed by atoms with van der Waals surface area (Å²) in [5, 5.41) is 10.9. The van der Waals surface area contributed by atoms with Gasteiger partial charge in [-0.15, -0.1) is 0 Å². The first kappa shape index (κ1) is 14.6. The van der Waals surface area contributed by atoms with Crippen LogP contribution in [0.1, 0.15) is 5.56 Å². The van der Waals surface area contributed by atoms with Crippen molar-refractivity contribution in [1.82, 2.24) is 29.5 Å². The van der Waals surface area contributed by atoms with Gasteiger partial charge < -0.3 is 4.57 Å². The summed E-state index contributed by atoms with van der Waals surface area (Å²) in [5.41, 5.74) is 4.73. The number of aromatic amines is 1. The lowest BCUT2D eigenvalue weighted by Gasteiger charge is -2.13. The van der Waals surface area contributed by atoms with Gasteiger partial charge in [-0.3, -0.25) is 9.78 Å². The monoisotopic (exact) mass is 342 g/mol. The number of H-pyrrole nitrogens is 1. The molecule has 5 rings (SSSR count). The van der Waals surface area contributed by atoms with E-state index in [0.29, 0.717) is 17.8 Å². The summed E-state index contributed by atoms with van der Waals surface area (Å²) >= 11 is 0. The van der Waals surface area contributed by atoms with Crippen LogP contribution in [0.3, 0.4) is 0 Å². The van der Waals surface area contributed by atoms with Crippen LogP contribution < -0.4 is 5.56 Å². The van der Waals surface area contributed by atoms with Gasteiger partial charge in [-0.2, -0.15) is 10.2 Å². The molecule has 7 heteroatoms. The maximum absolute atomic E-state index is 12.0. The SMILES string of the molecule is O=c1[nH]nc2c3ncccc3n(Cc3ccc(-n4cccn4)cc3)cc1-2. The van der Waals surface area contributed by atoms with Crippen LogP contribution in [0.2, 0.25) is 0 Å². The number of hydrogen-bond donors (Lipinski definition) is 1. The van der Waals surface area contributed by atoms with Crippen LogP contribution >= 0.6 is 0 Å². The van der Waals surface area contributed by atoms with Crippen LogP contribution in [-0.2, 0) is 6.54 Å². The summed E-state index contributed by atoms with van der Waals surface area (Å²) in [4.78, 5) is 16.5. The lowest BCUT2D eigenvalue weighted by Crippen LogP contribution is -2.08. The largest absolute Gasteiger partial charge is 0.341 e. The standard InChI is InChI=1S/C19H14N6O/c26-19-15-12-24(16-3-1-8-20-18(16)17(15)22-23-19)11-13-4-6-14(7-5-13)25-10-2-9-21-25/h1-10,12H,11H2,(H,23,26). The smallest absolute Gasteiger partial charge is 0.275 e. The molecule has 0 amide bonds. The molecule has 0 bridgehead atoms. The van der Waals surface area contributed by atoms with Gasteiger partial charge in [-0.1, -0.05) is 12.1 Å². The van der Waals surface area contributed by atoms with Crippen molar-refractivity contribution in [3.8, 4) is 16.9 Å². The molecule has 1 N–H and O–H groups in total. The molecular formula is C19H14N6O. The zero-order valence-electron chi connectivity index (χ0n) is 13.7. The first-order valence-corrected chi connectivity index (χ1v) is 8.21. The van der Waals surface area contributed by atoms with Crippen molar-refractivity contribution in [2.24, 2.45) is 0 Å². The van der Waals surface area contributed by atoms with Gasteiger partial charge in [0.2, 0.25) is 0 Å². The van der Waals surface area contributed by atoms with Gasteiger partial charge >= 0.3 is 0 Å². The third-order valence-corrected chi connectivity index (χ3v) is 4.43. The normalized spacial score (nSPS) is 11.4. The Kier molecular flexibility index (Phi) is 3.18. The minimum Gasteiger partial charge on any atom is -0.341 e. The maximum Gasteiger partial charge on any atom is 0.275 e. The van der Waals surface area contributed by atoms with Gasteiger partial charge in [-0.25, -0.2) is 9.78 Å². The average Bonchev–Trinajstić information content (AvgIpc) is 3.33. The number of benzene rings is 1. The van der Waals surface area contributed by atoms with Gasteiger partial charge in [0.1, 0.15) is 11.2 Å². The van der Waals surface area contributed by atoms with E-state index in [9.17, 15) is 4.79 Å². The fourth-order valence-corrected chi connectivity index (χ4v) is 3.17. The summed E-state index contributed by atoms with van der Waals surface area (Å²) < 4.78 is 3.85. The molecule has 0 spiro atoms. The Morgan fingerprint density at radius 3 is 2.73 bits per heavy atom. The Morgan fingerprint density at radius 1 is 1.04 bits per heavy atom. The lowest BCUT2D eigenvalue weighted by molar-refractivity contribution is 0.822. The molecule has 2 aliphatic rings. The average molecular weight is 342 g/mol. The molecular weight excluding hydrogens is 328 g/mol. The number of hydrogen-bond acceptors (Lipinski definition) is 4. The zero-order chi connectivity index (χ0) is 17.5. The number of nitrogens with zero attached hydrogens (tertiary/aromatic N) is 5. The third kappa shape index (κ3) is 2.29. The van der Waals surface area contributed by atoms with E-state index in [0.717, 1.165) is 22.3 Å². The molecule has 0 unspecified atom stereocenters. The van der Waals surface area contributed by atoms with E-state index in [1.54, 1.807) is 12.4 Å². The molecule has 0 fully saturated rings. The van der Waals surface area contributed by atoms with E-state index in [1.807, 2.05) is 52.0 Å². The van der Waals surface area contributed by atoms with E-state index in [1.165, 1.54) is 0 Å². The van der Waals surface area contributed by atoms with E-state index >= 15 is 0 Å². The highest BCUT2D eigenvalue weighted by Gasteiger charge is 2.17. The predicted molar refractivity (Wildman–Crippen MR) is 97.4 cm³/mol. The summed E-state index contributed by atoms with van der Waals surface area (Å²) in [6.45, 7) is 0.627. The second-order valence-corrected chi connectivity index (χ2v) is 6.06. The van der Waals surface area contributed by atoms with Crippen molar-refractivity contribution in [3.63, 3.8) is 0 Å². The molecule has 0 saturated carbocycles. The van der Waals surface area contributed by atoms with Crippen LogP contribution in [0, 0.1) is 0 Å². The molecule has 7 nitrogen and oxygen atoms in total. The first-order chi connectivity index (χ1) is 12.8. The maximum atomic E-state index is 12.0. The Bertz CT molecular complexity index is 1220. The van der Waals surface area contributed by atoms with Crippen molar-refractivity contribution in [1.29, 1.82) is 0 Å². The number of rotatable bonds is 3. The lowest BCUT2D eigenvalue weighted by atomic mass is 10.1. The van der Waals surface area contributed by atoms with Crippen molar-refractivity contribution in [2.75, 3.05) is 0 Å². The second-order valence-electron chi connectivity index (χ2n) is 6.06. The predicted octanol–water partition coefficient (Wildman–Crippen LogP) is 2.46. The quantitative estimate of drug-likeness (QED) is 0.546. The van der Waals surface area contributed by atoms with Crippen LogP contribution in [0.4, 0.5) is 0 Å². The molecule has 2 aromatic heterocycles. The zero-order valence-corrected chi connectivity index (χ0v) is 13.7. The molecule has 2 aliphatic heterocycles. The molecule has 1 aromatic carbocycles. The van der Waals surface area contributed by atoms with Crippen molar-refractivity contribution >= 4 is 11.0 Å². The Labute approximate surface area is 147 Å². The van der Waals surface area contributed by atoms with Crippen LogP contribution in [-0.4, -0.2) is 29.5 Å². The minimum absolute atomic E-state index is 0.199. The van der Waals surface area contributed by atoms with Gasteiger partial charge in [0, 0.05) is 31.3 Å². The highest BCUT2D eigenvalue weighted by molar-refractivity contribution is 5.90. The number of fused-ring (bicyclic) bond motifs is 3. The molecule has 0 saturated heterocycles. The summed E-state index contributed by atoms with van der Waals surface area (Å²) in [6, 6.07) is 13.9. The summed E-state index contributed by atoms with van der Waals surface area (Å²) in [7, 11) is 0. The van der Waals surface area contributed by atoms with Crippen LogP contribution in [0.5, 0.6) is 0 Å². The molecule has 0 atom stereocenters. The minimum atomic E-state index is -0.199. The highest BCUT2D eigenvalue weighted by Crippen LogP contribution is 2.25. The molecule has 0 aliphatic carbocycles. The van der Waals surface area contributed by atoms with Gasteiger partial charge in [-0.05, 0) is 35.9 Å². The molecule has 4 heterocycles. The summed E-state index contributed by atoms with van der Waals surface area (Å²) in [6.07, 6.45) is 7.21. The molecule has 26 heavy (non-hydrogen) atoms. The van der Waals surface area contributed by atoms with E-state index < -0.39 is 0 Å². The third-order valence-electron chi connectivity index (χ3n) is 4.43. The fourth-order valence-electron chi connectivity index (χ4n) is 3.17. The van der Waals surface area contributed by atoms with Crippen molar-refractivity contribution < 1.29 is 0 Å². The van der Waals surface area contributed by atoms with Crippen LogP contribution in [0.15, 0.2) is 72.0 Å². The Morgan fingerprint density at radius 2 is 1.92 bits per heavy atom. The number of pyridine rings is 2. The molecule has 3 aromatic rings. The Balaban J connectivity index is 1.59. The van der Waals surface area contributed by atoms with E-state index in [-0.39, 0.29) is 5.56 Å². The first-order valence-electron chi connectivity index (χ1n) is 8.21. The highest BCUT2D eigenvalue weighted by atomic mass is 16.1. The van der Waals surface area contributed by atoms with Gasteiger partial charge in [0.25, 0.3) is 5.56 Å². The molecule has 0 radical (unpaired) electrons. The van der Waals surface area contributed by atoms with Crippen LogP contribution in [0.25, 0.3) is 28.0 Å². The Hall–Kier alpha value is -3.74. The van der Waals surface area contributed by atoms with Gasteiger partial charge in [0.05, 0.1) is 16.8 Å². The topological polar surface area (TPSA) is 81.4 Å². The van der Waals surface area contributed by atoms with E-state index in [4.69, 9.17) is 0 Å². The second kappa shape index (κ2) is 5.66. The van der Waals surface area contributed by atoms with Crippen molar-refractivity contribution in [2.45, 2.75) is 6.54 Å². The van der Waals surface area contributed by atoms with E-state index in [2.05, 4.69) is 32.4 Å². The van der Waals surface area contributed by atoms with Gasteiger partial charge in [0.15, 0.2) is 0 Å². The summed E-state index contributed by atoms with van der Waals surface area (Å²) in [5.74, 6) is 0. The number of nitrogens with one attached hydrogen (secondary N) is 1. The van der Waals surface area contributed by atoms with Crippen molar-refractivity contribution in [3.05, 3.63) is 83.2 Å². The fraction of sp³-hybridized carbons (Fsp3) is 0.0526. The number of aromatic nitrogens is 6.